The molecule has 8 heteroatoms. The molecule has 1 aromatic heterocycles. The monoisotopic (exact) mass is 397 g/mol. The standard InChI is InChI=1S/C20H19N3O4S/c1-14-5-11-18(12-6-14)28(25,26)23-22-15(2)16-7-9-17(10-8-16)21-20(24)19-4-3-13-27-19/h3-13,23H,1-2H3,(H,21,24)/b22-15+. The van der Waals surface area contributed by atoms with Crippen LogP contribution in [0.15, 0.2) is 81.3 Å². The number of anilines is 1. The summed E-state index contributed by atoms with van der Waals surface area (Å²) in [5.74, 6) is -0.138. The van der Waals surface area contributed by atoms with Gasteiger partial charge < -0.3 is 9.73 Å². The first-order valence-electron chi connectivity index (χ1n) is 8.43. The van der Waals surface area contributed by atoms with E-state index in [0.717, 1.165) is 5.56 Å². The Balaban J connectivity index is 1.67. The van der Waals surface area contributed by atoms with Gasteiger partial charge in [0.1, 0.15) is 0 Å². The number of carbonyl (C=O) groups excluding carboxylic acids is 1. The molecule has 0 aliphatic heterocycles. The van der Waals surface area contributed by atoms with Crippen LogP contribution in [0, 0.1) is 6.92 Å². The lowest BCUT2D eigenvalue weighted by molar-refractivity contribution is 0.0996. The molecule has 0 fully saturated rings. The number of aryl methyl sites for hydroxylation is 1. The number of hydrogen-bond acceptors (Lipinski definition) is 5. The molecular weight excluding hydrogens is 378 g/mol. The Bertz CT molecular complexity index is 1090. The Morgan fingerprint density at radius 2 is 1.68 bits per heavy atom. The smallest absolute Gasteiger partial charge is 0.291 e. The fraction of sp³-hybridized carbons (Fsp3) is 0.100. The fourth-order valence-corrected chi connectivity index (χ4v) is 3.22. The van der Waals surface area contributed by atoms with Crippen LogP contribution >= 0.6 is 0 Å². The van der Waals surface area contributed by atoms with Gasteiger partial charge in [-0.05, 0) is 55.8 Å². The van der Waals surface area contributed by atoms with Gasteiger partial charge in [0.15, 0.2) is 5.76 Å². The maximum Gasteiger partial charge on any atom is 0.291 e. The van der Waals surface area contributed by atoms with Crippen LogP contribution in [0.3, 0.4) is 0 Å². The summed E-state index contributed by atoms with van der Waals surface area (Å²) in [5.41, 5.74) is 2.75. The Hall–Kier alpha value is -3.39. The van der Waals surface area contributed by atoms with Gasteiger partial charge in [-0.1, -0.05) is 29.8 Å². The van der Waals surface area contributed by atoms with Gasteiger partial charge in [-0.15, -0.1) is 0 Å². The average Bonchev–Trinajstić information content (AvgIpc) is 3.22. The first-order valence-corrected chi connectivity index (χ1v) is 9.91. The van der Waals surface area contributed by atoms with Crippen molar-refractivity contribution in [1.82, 2.24) is 4.83 Å². The molecule has 3 rings (SSSR count). The molecule has 0 aliphatic carbocycles. The number of hydrazone groups is 1. The molecule has 144 valence electrons. The maximum atomic E-state index is 12.3. The molecule has 0 bridgehead atoms. The minimum atomic E-state index is -3.73. The van der Waals surface area contributed by atoms with Gasteiger partial charge in [-0.25, -0.2) is 0 Å². The topological polar surface area (TPSA) is 101 Å². The van der Waals surface area contributed by atoms with Crippen LogP contribution in [0.1, 0.15) is 28.6 Å². The highest BCUT2D eigenvalue weighted by atomic mass is 32.2. The van der Waals surface area contributed by atoms with Gasteiger partial charge in [0, 0.05) is 5.69 Å². The first kappa shape index (κ1) is 19.4. The van der Waals surface area contributed by atoms with Crippen LogP contribution in [0.4, 0.5) is 5.69 Å². The van der Waals surface area contributed by atoms with Crippen molar-refractivity contribution in [3.63, 3.8) is 0 Å². The van der Waals surface area contributed by atoms with E-state index in [0.29, 0.717) is 17.0 Å². The van der Waals surface area contributed by atoms with E-state index < -0.39 is 10.0 Å². The van der Waals surface area contributed by atoms with Gasteiger partial charge in [-0.3, -0.25) is 4.79 Å². The highest BCUT2D eigenvalue weighted by molar-refractivity contribution is 7.89. The van der Waals surface area contributed by atoms with Crippen molar-refractivity contribution in [2.24, 2.45) is 5.10 Å². The second-order valence-electron chi connectivity index (χ2n) is 6.11. The zero-order chi connectivity index (χ0) is 20.1. The summed E-state index contributed by atoms with van der Waals surface area (Å²) in [4.78, 5) is 14.3. The van der Waals surface area contributed by atoms with Crippen LogP contribution < -0.4 is 10.1 Å². The molecule has 2 aromatic carbocycles. The summed E-state index contributed by atoms with van der Waals surface area (Å²) in [7, 11) is -3.73. The van der Waals surface area contributed by atoms with Crippen molar-refractivity contribution in [2.45, 2.75) is 18.7 Å². The van der Waals surface area contributed by atoms with E-state index in [9.17, 15) is 13.2 Å². The number of nitrogens with one attached hydrogen (secondary N) is 2. The summed E-state index contributed by atoms with van der Waals surface area (Å²) in [6.45, 7) is 3.57. The van der Waals surface area contributed by atoms with Crippen molar-refractivity contribution in [3.05, 3.63) is 83.8 Å². The fourth-order valence-electron chi connectivity index (χ4n) is 2.36. The van der Waals surface area contributed by atoms with Crippen LogP contribution in [-0.2, 0) is 10.0 Å². The summed E-state index contributed by atoms with van der Waals surface area (Å²) in [6.07, 6.45) is 1.43. The van der Waals surface area contributed by atoms with E-state index in [1.165, 1.54) is 18.4 Å². The van der Waals surface area contributed by atoms with Crippen molar-refractivity contribution in [2.75, 3.05) is 5.32 Å². The largest absolute Gasteiger partial charge is 0.459 e. The predicted octanol–water partition coefficient (Wildman–Crippen LogP) is 3.54. The molecule has 0 radical (unpaired) electrons. The van der Waals surface area contributed by atoms with Crippen LogP contribution in [0.2, 0.25) is 0 Å². The van der Waals surface area contributed by atoms with E-state index in [1.54, 1.807) is 55.5 Å². The normalized spacial score (nSPS) is 11.9. The number of benzene rings is 2. The van der Waals surface area contributed by atoms with E-state index in [-0.39, 0.29) is 16.6 Å². The zero-order valence-corrected chi connectivity index (χ0v) is 16.2. The predicted molar refractivity (Wildman–Crippen MR) is 107 cm³/mol. The highest BCUT2D eigenvalue weighted by Gasteiger charge is 2.13. The van der Waals surface area contributed by atoms with Crippen molar-refractivity contribution < 1.29 is 17.6 Å². The van der Waals surface area contributed by atoms with E-state index >= 15 is 0 Å². The third-order valence-electron chi connectivity index (χ3n) is 3.97. The quantitative estimate of drug-likeness (QED) is 0.491. The van der Waals surface area contributed by atoms with Gasteiger partial charge in [0.25, 0.3) is 15.9 Å². The minimum absolute atomic E-state index is 0.144. The second-order valence-corrected chi connectivity index (χ2v) is 7.77. The number of rotatable bonds is 6. The van der Waals surface area contributed by atoms with Gasteiger partial charge in [-0.2, -0.15) is 18.4 Å². The third-order valence-corrected chi connectivity index (χ3v) is 5.19. The van der Waals surface area contributed by atoms with Crippen LogP contribution in [0.25, 0.3) is 0 Å². The molecule has 0 spiro atoms. The van der Waals surface area contributed by atoms with Crippen LogP contribution in [-0.4, -0.2) is 20.0 Å². The lowest BCUT2D eigenvalue weighted by Crippen LogP contribution is -2.20. The maximum absolute atomic E-state index is 12.3. The highest BCUT2D eigenvalue weighted by Crippen LogP contribution is 2.13. The molecule has 0 unspecified atom stereocenters. The molecule has 0 aliphatic rings. The Labute approximate surface area is 163 Å². The Morgan fingerprint density at radius 1 is 1.00 bits per heavy atom. The third kappa shape index (κ3) is 4.66. The van der Waals surface area contributed by atoms with Crippen molar-refractivity contribution in [3.8, 4) is 0 Å². The minimum Gasteiger partial charge on any atom is -0.459 e. The van der Waals surface area contributed by atoms with Crippen molar-refractivity contribution in [1.29, 1.82) is 0 Å². The molecule has 1 amide bonds. The van der Waals surface area contributed by atoms with E-state index in [4.69, 9.17) is 4.42 Å². The van der Waals surface area contributed by atoms with Gasteiger partial charge >= 0.3 is 0 Å². The zero-order valence-electron chi connectivity index (χ0n) is 15.3. The first-order chi connectivity index (χ1) is 13.3. The lowest BCUT2D eigenvalue weighted by atomic mass is 10.1. The molecular formula is C20H19N3O4S. The molecule has 2 N–H and O–H groups in total. The van der Waals surface area contributed by atoms with Crippen molar-refractivity contribution >= 4 is 27.3 Å². The summed E-state index contributed by atoms with van der Waals surface area (Å²) in [6, 6.07) is 16.6. The number of hydrogen-bond donors (Lipinski definition) is 2. The molecule has 0 atom stereocenters. The second kappa shape index (κ2) is 8.10. The summed E-state index contributed by atoms with van der Waals surface area (Å²) in [5, 5.41) is 6.68. The molecule has 0 saturated carbocycles. The molecule has 28 heavy (non-hydrogen) atoms. The summed E-state index contributed by atoms with van der Waals surface area (Å²) >= 11 is 0. The Kier molecular flexibility index (Phi) is 5.60. The summed E-state index contributed by atoms with van der Waals surface area (Å²) < 4.78 is 29.6. The van der Waals surface area contributed by atoms with Gasteiger partial charge in [0.2, 0.25) is 0 Å². The number of furan rings is 1. The molecule has 1 heterocycles. The van der Waals surface area contributed by atoms with Crippen LogP contribution in [0.5, 0.6) is 0 Å². The molecule has 3 aromatic rings. The number of amides is 1. The van der Waals surface area contributed by atoms with Gasteiger partial charge in [0.05, 0.1) is 16.9 Å². The molecule has 0 saturated heterocycles. The Morgan fingerprint density at radius 3 is 2.29 bits per heavy atom. The number of sulfonamides is 1. The van der Waals surface area contributed by atoms with E-state index in [1.807, 2.05) is 6.92 Å². The number of nitrogens with zero attached hydrogens (tertiary/aromatic N) is 1. The molecule has 7 nitrogen and oxygen atoms in total. The SMILES string of the molecule is C/C(=N\NS(=O)(=O)c1ccc(C)cc1)c1ccc(NC(=O)c2ccco2)cc1. The number of carbonyl (C=O) groups is 1. The lowest BCUT2D eigenvalue weighted by Gasteiger charge is -2.07. The van der Waals surface area contributed by atoms with E-state index in [2.05, 4.69) is 15.2 Å². The average molecular weight is 397 g/mol.